The van der Waals surface area contributed by atoms with Gasteiger partial charge in [-0.2, -0.15) is 26.3 Å². The third-order valence-electron chi connectivity index (χ3n) is 7.19. The number of nitrogens with zero attached hydrogens (tertiary/aromatic N) is 2. The fraction of sp³-hybridized carbons (Fsp3) is 0.552. The van der Waals surface area contributed by atoms with Crippen LogP contribution in [0.25, 0.3) is 0 Å². The Hall–Kier alpha value is -3.02. The van der Waals surface area contributed by atoms with Crippen LogP contribution in [0.1, 0.15) is 68.8 Å². The molecule has 2 aromatic rings. The smallest absolute Gasteiger partial charge is 0.416 e. The molecule has 1 amide bonds. The van der Waals surface area contributed by atoms with E-state index in [1.54, 1.807) is 12.1 Å². The van der Waals surface area contributed by atoms with Crippen LogP contribution in [0.2, 0.25) is 0 Å². The van der Waals surface area contributed by atoms with Crippen molar-refractivity contribution in [3.8, 4) is 11.5 Å². The van der Waals surface area contributed by atoms with Crippen molar-refractivity contribution in [3.63, 3.8) is 0 Å². The molecule has 0 spiro atoms. The summed E-state index contributed by atoms with van der Waals surface area (Å²) < 4.78 is 97.3. The zero-order valence-electron chi connectivity index (χ0n) is 24.6. The summed E-state index contributed by atoms with van der Waals surface area (Å²) >= 11 is 0. The summed E-state index contributed by atoms with van der Waals surface area (Å²) in [7, 11) is 4.04. The van der Waals surface area contributed by atoms with Gasteiger partial charge in [-0.3, -0.25) is 4.90 Å². The third kappa shape index (κ3) is 8.08. The van der Waals surface area contributed by atoms with E-state index in [1.165, 1.54) is 14.2 Å². The normalized spacial score (nSPS) is 17.2. The van der Waals surface area contributed by atoms with Gasteiger partial charge in [0.1, 0.15) is 0 Å². The minimum Gasteiger partial charge on any atom is -0.493 e. The van der Waals surface area contributed by atoms with Gasteiger partial charge in [0, 0.05) is 36.4 Å². The van der Waals surface area contributed by atoms with E-state index in [4.69, 9.17) is 14.2 Å². The van der Waals surface area contributed by atoms with Gasteiger partial charge < -0.3 is 19.1 Å². The first-order chi connectivity index (χ1) is 18.9. The van der Waals surface area contributed by atoms with Crippen molar-refractivity contribution < 1.29 is 45.3 Å². The predicted octanol–water partition coefficient (Wildman–Crippen LogP) is 8.51. The lowest BCUT2D eigenvalue weighted by Crippen LogP contribution is -2.45. The van der Waals surface area contributed by atoms with Gasteiger partial charge in [0.25, 0.3) is 0 Å². The second-order valence-corrected chi connectivity index (χ2v) is 11.4. The number of ether oxygens (including phenoxy) is 3. The second-order valence-electron chi connectivity index (χ2n) is 11.4. The molecule has 6 nitrogen and oxygen atoms in total. The van der Waals surface area contributed by atoms with Crippen molar-refractivity contribution in [1.82, 2.24) is 4.90 Å². The molecular weight excluding hydrogens is 590 g/mol. The van der Waals surface area contributed by atoms with Crippen molar-refractivity contribution >= 4 is 24.2 Å². The van der Waals surface area contributed by atoms with Crippen LogP contribution in [-0.2, 0) is 23.6 Å². The van der Waals surface area contributed by atoms with Crippen molar-refractivity contribution in [2.75, 3.05) is 32.8 Å². The predicted molar refractivity (Wildman–Crippen MR) is 149 cm³/mol. The lowest BCUT2D eigenvalue weighted by Gasteiger charge is -2.45. The first kappa shape index (κ1) is 35.2. The number of amides is 1. The molecule has 3 rings (SSSR count). The Morgan fingerprint density at radius 2 is 1.43 bits per heavy atom. The number of carbonyl (C=O) groups excluding carboxylic acids is 1. The van der Waals surface area contributed by atoms with Crippen molar-refractivity contribution in [2.24, 2.45) is 5.41 Å². The summed E-state index contributed by atoms with van der Waals surface area (Å²) in [5, 5.41) is 0. The Morgan fingerprint density at radius 3 is 1.88 bits per heavy atom. The molecule has 2 atom stereocenters. The molecular formula is C29H37ClF6N2O4. The van der Waals surface area contributed by atoms with Gasteiger partial charge in [-0.05, 0) is 55.0 Å². The average molecular weight is 627 g/mol. The Morgan fingerprint density at radius 1 is 0.905 bits per heavy atom. The summed E-state index contributed by atoms with van der Waals surface area (Å²) in [6.45, 7) is 8.42. The van der Waals surface area contributed by atoms with Crippen molar-refractivity contribution in [3.05, 3.63) is 52.6 Å². The van der Waals surface area contributed by atoms with E-state index in [0.29, 0.717) is 42.2 Å². The highest BCUT2D eigenvalue weighted by atomic mass is 35.5. The number of hydrogen-bond acceptors (Lipinski definition) is 5. The van der Waals surface area contributed by atoms with Crippen molar-refractivity contribution in [1.29, 1.82) is 0 Å². The summed E-state index contributed by atoms with van der Waals surface area (Å²) in [6, 6.07) is 3.90. The second kappa shape index (κ2) is 13.1. The van der Waals surface area contributed by atoms with Crippen LogP contribution < -0.4 is 14.4 Å². The maximum absolute atomic E-state index is 13.6. The number of methoxy groups -OCH3 is 3. The minimum atomic E-state index is -5.02. The Labute approximate surface area is 248 Å². The Bertz CT molecular complexity index is 1210. The summed E-state index contributed by atoms with van der Waals surface area (Å²) in [6.07, 6.45) is -9.75. The molecule has 13 heteroatoms. The fourth-order valence-electron chi connectivity index (χ4n) is 5.03. The van der Waals surface area contributed by atoms with Gasteiger partial charge in [0.2, 0.25) is 0 Å². The first-order valence-corrected chi connectivity index (χ1v) is 13.0. The van der Waals surface area contributed by atoms with E-state index in [9.17, 15) is 31.1 Å². The van der Waals surface area contributed by atoms with E-state index in [0.717, 1.165) is 24.1 Å². The van der Waals surface area contributed by atoms with E-state index in [-0.39, 0.29) is 35.5 Å². The van der Waals surface area contributed by atoms with E-state index < -0.39 is 42.2 Å². The quantitative estimate of drug-likeness (QED) is 0.289. The zero-order valence-corrected chi connectivity index (χ0v) is 25.4. The van der Waals surface area contributed by atoms with Gasteiger partial charge in [0.05, 0.1) is 38.5 Å². The highest BCUT2D eigenvalue weighted by Gasteiger charge is 2.40. The van der Waals surface area contributed by atoms with Gasteiger partial charge in [0.15, 0.2) is 11.5 Å². The van der Waals surface area contributed by atoms with Gasteiger partial charge in [-0.25, -0.2) is 4.79 Å². The molecule has 0 radical (unpaired) electrons. The standard InChI is InChI=1S/C29H36F6N2O4.ClH/c1-17-10-22(21-14-24(39-5)25(40-6)15-23(21)36(17)9-8-27(2,3)4)37(26(38)41-7)16-18-11-19(28(30,31)32)13-20(12-18)29(33,34)35;/h11-15,17,22H,8-10,16H2,1-7H3;1H/t17-,22+;/m0./s1. The molecule has 0 fully saturated rings. The highest BCUT2D eigenvalue weighted by Crippen LogP contribution is 2.47. The molecule has 0 aliphatic carbocycles. The molecule has 2 aromatic carbocycles. The first-order valence-electron chi connectivity index (χ1n) is 13.0. The zero-order chi connectivity index (χ0) is 30.9. The molecule has 0 saturated carbocycles. The molecule has 0 unspecified atom stereocenters. The third-order valence-corrected chi connectivity index (χ3v) is 7.19. The number of rotatable bonds is 7. The molecule has 0 N–H and O–H groups in total. The number of alkyl halides is 6. The Balaban J connectivity index is 0.00000616. The van der Waals surface area contributed by atoms with Crippen LogP contribution in [0.4, 0.5) is 36.8 Å². The van der Waals surface area contributed by atoms with Gasteiger partial charge in [-0.1, -0.05) is 20.8 Å². The van der Waals surface area contributed by atoms with Crippen LogP contribution in [0.3, 0.4) is 0 Å². The number of fused-ring (bicyclic) bond motifs is 1. The molecule has 42 heavy (non-hydrogen) atoms. The van der Waals surface area contributed by atoms with Crippen LogP contribution in [0.15, 0.2) is 30.3 Å². The number of benzene rings is 2. The topological polar surface area (TPSA) is 51.2 Å². The van der Waals surface area contributed by atoms with Crippen LogP contribution >= 0.6 is 12.4 Å². The number of anilines is 1. The monoisotopic (exact) mass is 626 g/mol. The van der Waals surface area contributed by atoms with Gasteiger partial charge >= 0.3 is 18.4 Å². The lowest BCUT2D eigenvalue weighted by molar-refractivity contribution is -0.143. The fourth-order valence-corrected chi connectivity index (χ4v) is 5.03. The van der Waals surface area contributed by atoms with Gasteiger partial charge in [-0.15, -0.1) is 12.4 Å². The van der Waals surface area contributed by atoms with Crippen LogP contribution in [-0.4, -0.2) is 44.9 Å². The molecule has 1 aliphatic heterocycles. The largest absolute Gasteiger partial charge is 0.493 e. The van der Waals surface area contributed by atoms with Crippen LogP contribution in [0, 0.1) is 5.41 Å². The summed E-state index contributed by atoms with van der Waals surface area (Å²) in [5.41, 5.74) is -1.88. The van der Waals surface area contributed by atoms with Crippen LogP contribution in [0.5, 0.6) is 11.5 Å². The molecule has 0 bridgehead atoms. The van der Waals surface area contributed by atoms with E-state index in [1.807, 2.05) is 6.92 Å². The number of hydrogen-bond donors (Lipinski definition) is 0. The number of halogens is 7. The molecule has 236 valence electrons. The summed E-state index contributed by atoms with van der Waals surface area (Å²) in [4.78, 5) is 16.4. The van der Waals surface area contributed by atoms with Crippen molar-refractivity contribution in [2.45, 2.75) is 71.5 Å². The van der Waals surface area contributed by atoms with E-state index in [2.05, 4.69) is 25.7 Å². The number of carbonyl (C=O) groups is 1. The Kier molecular flexibility index (Phi) is 11.0. The highest BCUT2D eigenvalue weighted by molar-refractivity contribution is 5.85. The molecule has 0 saturated heterocycles. The maximum Gasteiger partial charge on any atom is 0.416 e. The molecule has 0 aromatic heterocycles. The summed E-state index contributed by atoms with van der Waals surface area (Å²) in [5.74, 6) is 0.807. The molecule has 1 heterocycles. The van der Waals surface area contributed by atoms with E-state index >= 15 is 0 Å². The molecule has 1 aliphatic rings. The lowest BCUT2D eigenvalue weighted by atomic mass is 9.87. The average Bonchev–Trinajstić information content (AvgIpc) is 2.87. The minimum absolute atomic E-state index is 0. The maximum atomic E-state index is 13.6. The SMILES string of the molecule is COC(=O)N(Cc1cc(C(F)(F)F)cc(C(F)(F)F)c1)[C@@H]1C[C@H](C)N(CCC(C)(C)C)c2cc(OC)c(OC)cc21.Cl.